The molecule has 5 N–H and O–H groups in total. The Kier molecular flexibility index (Phi) is 6.33. The van der Waals surface area contributed by atoms with E-state index in [9.17, 15) is 9.90 Å². The number of aromatic hydroxyl groups is 1. The molecule has 0 radical (unpaired) electrons. The number of nitrogens with one attached hydrogen (secondary N) is 2. The van der Waals surface area contributed by atoms with Crippen LogP contribution in [0.15, 0.2) is 34.6 Å². The van der Waals surface area contributed by atoms with Gasteiger partial charge in [-0.25, -0.2) is 5.43 Å². The SMILES string of the molecule is COc1cc(/C=N/NC(=O)/C(C)=C(\C)NC(N)=S)ccc1O. The number of hydrogen-bond donors (Lipinski definition) is 4. The number of thiocarbonyl (C=S) groups is 1. The summed E-state index contributed by atoms with van der Waals surface area (Å²) in [7, 11) is 1.45. The van der Waals surface area contributed by atoms with E-state index in [1.165, 1.54) is 19.4 Å². The molecule has 0 aliphatic carbocycles. The normalized spacial score (nSPS) is 11.8. The van der Waals surface area contributed by atoms with Crippen molar-refractivity contribution in [3.63, 3.8) is 0 Å². The van der Waals surface area contributed by atoms with Gasteiger partial charge in [0.05, 0.1) is 13.3 Å². The maximum Gasteiger partial charge on any atom is 0.268 e. The highest BCUT2D eigenvalue weighted by Gasteiger charge is 2.07. The van der Waals surface area contributed by atoms with E-state index in [-0.39, 0.29) is 16.8 Å². The summed E-state index contributed by atoms with van der Waals surface area (Å²) in [5, 5.41) is 16.1. The number of carbonyl (C=O) groups is 1. The van der Waals surface area contributed by atoms with Gasteiger partial charge in [0.2, 0.25) is 0 Å². The van der Waals surface area contributed by atoms with E-state index in [0.29, 0.717) is 22.6 Å². The lowest BCUT2D eigenvalue weighted by molar-refractivity contribution is -0.117. The van der Waals surface area contributed by atoms with Crippen LogP contribution >= 0.6 is 12.2 Å². The molecule has 1 aromatic rings. The van der Waals surface area contributed by atoms with Gasteiger partial charge < -0.3 is 20.9 Å². The molecule has 1 amide bonds. The van der Waals surface area contributed by atoms with Crippen LogP contribution in [0.3, 0.4) is 0 Å². The zero-order valence-electron chi connectivity index (χ0n) is 12.5. The fourth-order valence-corrected chi connectivity index (χ4v) is 1.63. The molecule has 7 nitrogen and oxygen atoms in total. The standard InChI is InChI=1S/C14H18N4O3S/c1-8(9(2)17-14(15)22)13(20)18-16-7-10-4-5-11(19)12(6-10)21-3/h4-7,19H,1-3H3,(H,18,20)(H3,15,17,22)/b9-8+,16-7+. The van der Waals surface area contributed by atoms with E-state index in [0.717, 1.165) is 0 Å². The van der Waals surface area contributed by atoms with Crippen molar-refractivity contribution in [3.8, 4) is 11.5 Å². The van der Waals surface area contributed by atoms with Crippen LogP contribution in [0.5, 0.6) is 11.5 Å². The van der Waals surface area contributed by atoms with Gasteiger partial charge in [0.25, 0.3) is 5.91 Å². The zero-order valence-corrected chi connectivity index (χ0v) is 13.3. The number of carbonyl (C=O) groups excluding carboxylic acids is 1. The molecule has 0 fully saturated rings. The van der Waals surface area contributed by atoms with Crippen LogP contribution in [0.25, 0.3) is 0 Å². The number of allylic oxidation sites excluding steroid dienone is 1. The quantitative estimate of drug-likeness (QED) is 0.278. The number of hydrogen-bond acceptors (Lipinski definition) is 5. The number of nitrogens with two attached hydrogens (primary N) is 1. The van der Waals surface area contributed by atoms with Crippen molar-refractivity contribution >= 4 is 29.5 Å². The van der Waals surface area contributed by atoms with Gasteiger partial charge in [0.1, 0.15) is 0 Å². The Morgan fingerprint density at radius 2 is 2.14 bits per heavy atom. The third kappa shape index (κ3) is 5.06. The average Bonchev–Trinajstić information content (AvgIpc) is 2.47. The smallest absolute Gasteiger partial charge is 0.268 e. The van der Waals surface area contributed by atoms with E-state index in [4.69, 9.17) is 22.7 Å². The maximum atomic E-state index is 11.9. The number of amides is 1. The fourth-order valence-electron chi connectivity index (χ4n) is 1.47. The molecule has 0 saturated heterocycles. The molecular weight excluding hydrogens is 304 g/mol. The molecule has 0 aromatic heterocycles. The van der Waals surface area contributed by atoms with E-state index in [1.807, 2.05) is 0 Å². The molecule has 0 heterocycles. The van der Waals surface area contributed by atoms with Crippen LogP contribution in [0, 0.1) is 0 Å². The van der Waals surface area contributed by atoms with Gasteiger partial charge in [-0.05, 0) is 49.8 Å². The molecule has 0 unspecified atom stereocenters. The van der Waals surface area contributed by atoms with Crippen LogP contribution < -0.4 is 21.2 Å². The summed E-state index contributed by atoms with van der Waals surface area (Å²) in [6, 6.07) is 4.70. The Balaban J connectivity index is 2.73. The molecule has 22 heavy (non-hydrogen) atoms. The third-order valence-corrected chi connectivity index (χ3v) is 2.90. The highest BCUT2D eigenvalue weighted by atomic mass is 32.1. The van der Waals surface area contributed by atoms with Crippen LogP contribution in [0.4, 0.5) is 0 Å². The Morgan fingerprint density at radius 3 is 2.73 bits per heavy atom. The number of benzene rings is 1. The van der Waals surface area contributed by atoms with Crippen molar-refractivity contribution in [1.29, 1.82) is 0 Å². The first-order valence-corrected chi connectivity index (χ1v) is 6.70. The monoisotopic (exact) mass is 322 g/mol. The predicted octanol–water partition coefficient (Wildman–Crippen LogP) is 0.978. The van der Waals surface area contributed by atoms with E-state index < -0.39 is 0 Å². The minimum absolute atomic E-state index is 0.0296. The first-order valence-electron chi connectivity index (χ1n) is 6.29. The number of methoxy groups -OCH3 is 1. The lowest BCUT2D eigenvalue weighted by Gasteiger charge is -2.07. The lowest BCUT2D eigenvalue weighted by Crippen LogP contribution is -2.30. The first kappa shape index (κ1) is 17.4. The van der Waals surface area contributed by atoms with Gasteiger partial charge in [-0.2, -0.15) is 5.10 Å². The van der Waals surface area contributed by atoms with Crippen LogP contribution in [0.2, 0.25) is 0 Å². The summed E-state index contributed by atoms with van der Waals surface area (Å²) in [4.78, 5) is 11.9. The summed E-state index contributed by atoms with van der Waals surface area (Å²) in [6.45, 7) is 3.30. The summed E-state index contributed by atoms with van der Waals surface area (Å²) in [5.74, 6) is -0.0342. The number of phenols is 1. The second-order valence-electron chi connectivity index (χ2n) is 4.37. The molecule has 0 spiro atoms. The van der Waals surface area contributed by atoms with Crippen molar-refractivity contribution in [1.82, 2.24) is 10.7 Å². The largest absolute Gasteiger partial charge is 0.504 e. The van der Waals surface area contributed by atoms with Gasteiger partial charge in [-0.1, -0.05) is 0 Å². The maximum absolute atomic E-state index is 11.9. The molecule has 0 aliphatic heterocycles. The molecule has 1 aromatic carbocycles. The van der Waals surface area contributed by atoms with Gasteiger partial charge in [-0.15, -0.1) is 0 Å². The van der Waals surface area contributed by atoms with Gasteiger partial charge in [-0.3, -0.25) is 4.79 Å². The minimum Gasteiger partial charge on any atom is -0.504 e. The zero-order chi connectivity index (χ0) is 16.7. The second-order valence-corrected chi connectivity index (χ2v) is 4.81. The highest BCUT2D eigenvalue weighted by molar-refractivity contribution is 7.80. The second kappa shape index (κ2) is 7.99. The number of nitrogens with zero attached hydrogens (tertiary/aromatic N) is 1. The summed E-state index contributed by atoms with van der Waals surface area (Å²) in [6.07, 6.45) is 1.43. The van der Waals surface area contributed by atoms with E-state index >= 15 is 0 Å². The Bertz CT molecular complexity index is 641. The van der Waals surface area contributed by atoms with E-state index in [2.05, 4.69) is 15.8 Å². The fraction of sp³-hybridized carbons (Fsp3) is 0.214. The topological polar surface area (TPSA) is 109 Å². The molecular formula is C14H18N4O3S. The summed E-state index contributed by atoms with van der Waals surface area (Å²) >= 11 is 4.70. The van der Waals surface area contributed by atoms with Crippen molar-refractivity contribution < 1.29 is 14.6 Å². The molecule has 0 saturated carbocycles. The first-order chi connectivity index (χ1) is 10.3. The van der Waals surface area contributed by atoms with E-state index in [1.54, 1.807) is 26.0 Å². The highest BCUT2D eigenvalue weighted by Crippen LogP contribution is 2.25. The Hall–Kier alpha value is -2.61. The molecule has 1 rings (SSSR count). The third-order valence-electron chi connectivity index (χ3n) is 2.80. The van der Waals surface area contributed by atoms with Crippen molar-refractivity contribution in [3.05, 3.63) is 35.0 Å². The number of hydrazone groups is 1. The number of ether oxygens (including phenoxy) is 1. The Morgan fingerprint density at radius 1 is 1.45 bits per heavy atom. The van der Waals surface area contributed by atoms with Crippen molar-refractivity contribution in [2.45, 2.75) is 13.8 Å². The van der Waals surface area contributed by atoms with Gasteiger partial charge >= 0.3 is 0 Å². The Labute approximate surface area is 133 Å². The number of rotatable bonds is 5. The number of phenolic OH excluding ortho intramolecular Hbond substituents is 1. The minimum atomic E-state index is -0.386. The predicted molar refractivity (Wildman–Crippen MR) is 88.7 cm³/mol. The molecule has 8 heteroatoms. The summed E-state index contributed by atoms with van der Waals surface area (Å²) in [5.41, 5.74) is 9.34. The van der Waals surface area contributed by atoms with Crippen LogP contribution in [-0.4, -0.2) is 29.5 Å². The van der Waals surface area contributed by atoms with Crippen LogP contribution in [-0.2, 0) is 4.79 Å². The molecule has 0 bridgehead atoms. The van der Waals surface area contributed by atoms with Crippen molar-refractivity contribution in [2.75, 3.05) is 7.11 Å². The summed E-state index contributed by atoms with van der Waals surface area (Å²) < 4.78 is 4.98. The van der Waals surface area contributed by atoms with Crippen molar-refractivity contribution in [2.24, 2.45) is 10.8 Å². The van der Waals surface area contributed by atoms with Gasteiger partial charge in [0.15, 0.2) is 16.6 Å². The molecule has 118 valence electrons. The molecule has 0 atom stereocenters. The van der Waals surface area contributed by atoms with Gasteiger partial charge in [0, 0.05) is 11.3 Å². The lowest BCUT2D eigenvalue weighted by atomic mass is 10.2. The molecule has 0 aliphatic rings. The average molecular weight is 322 g/mol. The van der Waals surface area contributed by atoms with Crippen LogP contribution in [0.1, 0.15) is 19.4 Å².